The molecule has 24 heavy (non-hydrogen) atoms. The number of pyridine rings is 1. The van der Waals surface area contributed by atoms with Crippen molar-refractivity contribution in [1.82, 2.24) is 19.5 Å². The van der Waals surface area contributed by atoms with Crippen molar-refractivity contribution in [2.24, 2.45) is 0 Å². The van der Waals surface area contributed by atoms with Gasteiger partial charge in [0.1, 0.15) is 11.6 Å². The van der Waals surface area contributed by atoms with Crippen molar-refractivity contribution in [3.63, 3.8) is 0 Å². The van der Waals surface area contributed by atoms with Crippen molar-refractivity contribution in [2.45, 2.75) is 6.54 Å². The van der Waals surface area contributed by atoms with Gasteiger partial charge in [0.25, 0.3) is 0 Å². The third-order valence-corrected chi connectivity index (χ3v) is 4.41. The van der Waals surface area contributed by atoms with E-state index in [9.17, 15) is 0 Å². The molecule has 0 aliphatic rings. The zero-order chi connectivity index (χ0) is 16.5. The van der Waals surface area contributed by atoms with Crippen LogP contribution < -0.4 is 5.32 Å². The van der Waals surface area contributed by atoms with Crippen molar-refractivity contribution in [2.75, 3.05) is 5.32 Å². The molecule has 0 saturated heterocycles. The third kappa shape index (κ3) is 2.72. The molecule has 2 N–H and O–H groups in total. The number of halogens is 2. The molecular weight excluding hydrogens is 345 g/mol. The van der Waals surface area contributed by atoms with Crippen LogP contribution in [0.2, 0.25) is 10.0 Å². The Bertz CT molecular complexity index is 971. The Labute approximate surface area is 148 Å². The molecule has 0 spiro atoms. The first kappa shape index (κ1) is 15.1. The second-order valence-corrected chi connectivity index (χ2v) is 6.11. The molecule has 5 nitrogen and oxygen atoms in total. The van der Waals surface area contributed by atoms with Crippen molar-refractivity contribution >= 4 is 45.6 Å². The molecule has 3 heterocycles. The number of H-pyrrole nitrogens is 1. The standard InChI is InChI=1S/C17H13Cl2N5/c18-12-2-1-3-13(19)16(12)23-17-11-5-9-24(14(11)4-6-22-17)10-15-20-7-8-21-15/h1-9H,10H2,(H,20,21)(H,22,23). The fraction of sp³-hybridized carbons (Fsp3) is 0.0588. The van der Waals surface area contributed by atoms with Crippen LogP contribution in [0.1, 0.15) is 5.82 Å². The van der Waals surface area contributed by atoms with Crippen molar-refractivity contribution in [1.29, 1.82) is 0 Å². The number of para-hydroxylation sites is 1. The van der Waals surface area contributed by atoms with E-state index >= 15 is 0 Å². The molecule has 0 aliphatic heterocycles. The second kappa shape index (κ2) is 6.19. The number of hydrogen-bond donors (Lipinski definition) is 2. The molecule has 120 valence electrons. The number of benzene rings is 1. The molecule has 0 bridgehead atoms. The van der Waals surface area contributed by atoms with Crippen molar-refractivity contribution < 1.29 is 0 Å². The van der Waals surface area contributed by atoms with Gasteiger partial charge in [-0.25, -0.2) is 9.97 Å². The van der Waals surface area contributed by atoms with Gasteiger partial charge < -0.3 is 14.9 Å². The van der Waals surface area contributed by atoms with E-state index in [0.29, 0.717) is 28.1 Å². The van der Waals surface area contributed by atoms with Gasteiger partial charge in [0.05, 0.1) is 27.8 Å². The quantitative estimate of drug-likeness (QED) is 0.548. The lowest BCUT2D eigenvalue weighted by Gasteiger charge is -2.11. The Morgan fingerprint density at radius 1 is 1.04 bits per heavy atom. The fourth-order valence-corrected chi connectivity index (χ4v) is 3.13. The lowest BCUT2D eigenvalue weighted by Crippen LogP contribution is -2.00. The number of aromatic amines is 1. The smallest absolute Gasteiger partial charge is 0.139 e. The fourth-order valence-electron chi connectivity index (χ4n) is 2.64. The highest BCUT2D eigenvalue weighted by Crippen LogP contribution is 2.34. The molecule has 0 saturated carbocycles. The summed E-state index contributed by atoms with van der Waals surface area (Å²) in [5, 5.41) is 5.33. The Balaban J connectivity index is 1.73. The predicted octanol–water partition coefficient (Wildman–Crippen LogP) is 4.86. The van der Waals surface area contributed by atoms with Gasteiger partial charge in [0.2, 0.25) is 0 Å². The summed E-state index contributed by atoms with van der Waals surface area (Å²) in [4.78, 5) is 11.8. The van der Waals surface area contributed by atoms with E-state index in [1.54, 1.807) is 24.5 Å². The molecule has 0 aliphatic carbocycles. The van der Waals surface area contributed by atoms with Crippen LogP contribution in [0.5, 0.6) is 0 Å². The number of nitrogens with one attached hydrogen (secondary N) is 2. The van der Waals surface area contributed by atoms with Gasteiger partial charge >= 0.3 is 0 Å². The first-order valence-corrected chi connectivity index (χ1v) is 8.11. The SMILES string of the molecule is Clc1cccc(Cl)c1Nc1nccc2c1ccn2Cc1ncc[nH]1. The third-order valence-electron chi connectivity index (χ3n) is 3.78. The minimum atomic E-state index is 0.552. The van der Waals surface area contributed by atoms with E-state index in [-0.39, 0.29) is 0 Å². The van der Waals surface area contributed by atoms with Crippen LogP contribution in [0.25, 0.3) is 10.9 Å². The summed E-state index contributed by atoms with van der Waals surface area (Å²) < 4.78 is 2.11. The molecule has 4 aromatic rings. The minimum Gasteiger partial charge on any atom is -0.347 e. The van der Waals surface area contributed by atoms with Gasteiger partial charge in [-0.1, -0.05) is 29.3 Å². The summed E-state index contributed by atoms with van der Waals surface area (Å²) in [6.07, 6.45) is 7.33. The average molecular weight is 358 g/mol. The normalized spacial score (nSPS) is 11.1. The monoisotopic (exact) mass is 357 g/mol. The highest BCUT2D eigenvalue weighted by atomic mass is 35.5. The van der Waals surface area contributed by atoms with E-state index in [0.717, 1.165) is 16.7 Å². The van der Waals surface area contributed by atoms with Crippen molar-refractivity contribution in [3.8, 4) is 0 Å². The largest absolute Gasteiger partial charge is 0.347 e. The van der Waals surface area contributed by atoms with Gasteiger partial charge in [-0.2, -0.15) is 0 Å². The molecule has 0 fully saturated rings. The summed E-state index contributed by atoms with van der Waals surface area (Å²) in [7, 11) is 0. The van der Waals surface area contributed by atoms with E-state index in [1.807, 2.05) is 30.6 Å². The van der Waals surface area contributed by atoms with E-state index in [1.165, 1.54) is 0 Å². The van der Waals surface area contributed by atoms with Crippen LogP contribution in [-0.2, 0) is 6.54 Å². The van der Waals surface area contributed by atoms with Crippen LogP contribution in [0.15, 0.2) is 55.1 Å². The summed E-state index contributed by atoms with van der Waals surface area (Å²) in [5.41, 5.74) is 1.70. The zero-order valence-electron chi connectivity index (χ0n) is 12.5. The first-order chi connectivity index (χ1) is 11.7. The lowest BCUT2D eigenvalue weighted by atomic mass is 10.2. The van der Waals surface area contributed by atoms with Crippen LogP contribution in [0, 0.1) is 0 Å². The number of rotatable bonds is 4. The summed E-state index contributed by atoms with van der Waals surface area (Å²) >= 11 is 12.5. The van der Waals surface area contributed by atoms with E-state index in [4.69, 9.17) is 23.2 Å². The molecule has 1 aromatic carbocycles. The maximum atomic E-state index is 6.24. The van der Waals surface area contributed by atoms with Gasteiger partial charge in [-0.05, 0) is 24.3 Å². The molecule has 0 radical (unpaired) electrons. The van der Waals surface area contributed by atoms with Gasteiger partial charge in [0, 0.05) is 30.2 Å². The molecule has 3 aromatic heterocycles. The maximum Gasteiger partial charge on any atom is 0.139 e. The Morgan fingerprint density at radius 3 is 2.62 bits per heavy atom. The molecule has 4 rings (SSSR count). The maximum absolute atomic E-state index is 6.24. The molecular formula is C17H13Cl2N5. The Kier molecular flexibility index (Phi) is 3.88. The average Bonchev–Trinajstić information content (AvgIpc) is 3.22. The van der Waals surface area contributed by atoms with Crippen molar-refractivity contribution in [3.05, 3.63) is 71.0 Å². The summed E-state index contributed by atoms with van der Waals surface area (Å²) in [5.74, 6) is 1.61. The minimum absolute atomic E-state index is 0.552. The molecule has 0 unspecified atom stereocenters. The van der Waals surface area contributed by atoms with Crippen LogP contribution in [-0.4, -0.2) is 19.5 Å². The molecule has 0 atom stereocenters. The Morgan fingerprint density at radius 2 is 1.88 bits per heavy atom. The highest BCUT2D eigenvalue weighted by Gasteiger charge is 2.11. The van der Waals surface area contributed by atoms with Crippen LogP contribution in [0.3, 0.4) is 0 Å². The topological polar surface area (TPSA) is 58.5 Å². The van der Waals surface area contributed by atoms with Gasteiger partial charge in [-0.15, -0.1) is 0 Å². The lowest BCUT2D eigenvalue weighted by molar-refractivity contribution is 0.786. The zero-order valence-corrected chi connectivity index (χ0v) is 14.0. The number of nitrogens with zero attached hydrogens (tertiary/aromatic N) is 3. The molecule has 0 amide bonds. The number of aromatic nitrogens is 4. The highest BCUT2D eigenvalue weighted by molar-refractivity contribution is 6.39. The van der Waals surface area contributed by atoms with Crippen LogP contribution >= 0.6 is 23.2 Å². The molecule has 7 heteroatoms. The number of imidazole rings is 1. The summed E-state index contributed by atoms with van der Waals surface area (Å²) in [6.45, 7) is 0.660. The predicted molar refractivity (Wildman–Crippen MR) is 97.2 cm³/mol. The second-order valence-electron chi connectivity index (χ2n) is 5.29. The van der Waals surface area contributed by atoms with Crippen LogP contribution in [0.4, 0.5) is 11.5 Å². The van der Waals surface area contributed by atoms with E-state index < -0.39 is 0 Å². The van der Waals surface area contributed by atoms with E-state index in [2.05, 4.69) is 24.8 Å². The van der Waals surface area contributed by atoms with Gasteiger partial charge in [-0.3, -0.25) is 0 Å². The number of anilines is 2. The Hall–Kier alpha value is -2.50. The first-order valence-electron chi connectivity index (χ1n) is 7.35. The van der Waals surface area contributed by atoms with Gasteiger partial charge in [0.15, 0.2) is 0 Å². The number of fused-ring (bicyclic) bond motifs is 1. The summed E-state index contributed by atoms with van der Waals surface area (Å²) in [6, 6.07) is 9.37. The number of hydrogen-bond acceptors (Lipinski definition) is 3.